The first-order valence-electron chi connectivity index (χ1n) is 6.12. The summed E-state index contributed by atoms with van der Waals surface area (Å²) in [5.41, 5.74) is 6.38. The first-order chi connectivity index (χ1) is 9.28. The molecule has 1 aromatic rings. The predicted octanol–water partition coefficient (Wildman–Crippen LogP) is 2.15. The van der Waals surface area contributed by atoms with Crippen molar-refractivity contribution in [3.8, 4) is 0 Å². The van der Waals surface area contributed by atoms with Crippen LogP contribution >= 0.6 is 0 Å². The van der Waals surface area contributed by atoms with Crippen LogP contribution in [0.5, 0.6) is 0 Å². The van der Waals surface area contributed by atoms with E-state index in [4.69, 9.17) is 5.73 Å². The zero-order valence-electron chi connectivity index (χ0n) is 10.7. The van der Waals surface area contributed by atoms with Crippen LogP contribution in [0.2, 0.25) is 0 Å². The highest BCUT2D eigenvalue weighted by Crippen LogP contribution is 2.12. The van der Waals surface area contributed by atoms with Gasteiger partial charge in [-0.1, -0.05) is 12.1 Å². The van der Waals surface area contributed by atoms with Gasteiger partial charge in [-0.25, -0.2) is 4.39 Å². The van der Waals surface area contributed by atoms with Gasteiger partial charge in [-0.3, -0.25) is 4.79 Å². The quantitative estimate of drug-likeness (QED) is 0.789. The lowest BCUT2D eigenvalue weighted by molar-refractivity contribution is -0.139. The fourth-order valence-corrected chi connectivity index (χ4v) is 1.63. The Labute approximate surface area is 114 Å². The smallest absolute Gasteiger partial charge is 0.346 e. The molecule has 0 radical (unpaired) electrons. The topological polar surface area (TPSA) is 55.1 Å². The first kappa shape index (κ1) is 16.4. The summed E-state index contributed by atoms with van der Waals surface area (Å²) >= 11 is 0. The molecule has 1 aromatic carbocycles. The van der Waals surface area contributed by atoms with Gasteiger partial charge in [-0.15, -0.1) is 0 Å². The van der Waals surface area contributed by atoms with Gasteiger partial charge in [0.1, 0.15) is 12.4 Å². The minimum atomic E-state index is -4.44. The molecular formula is C13H16F4N2O. The number of carbonyl (C=O) groups excluding carboxylic acids is 1. The SMILES string of the molecule is NC(CCCc1ccc(F)cc1)C(=O)NCC(F)(F)F. The van der Waals surface area contributed by atoms with Crippen LogP contribution in [0, 0.1) is 5.82 Å². The molecule has 0 fully saturated rings. The normalized spacial score (nSPS) is 13.1. The minimum absolute atomic E-state index is 0.265. The summed E-state index contributed by atoms with van der Waals surface area (Å²) in [7, 11) is 0. The number of carbonyl (C=O) groups is 1. The lowest BCUT2D eigenvalue weighted by atomic mass is 10.0. The third kappa shape index (κ3) is 6.51. The number of aryl methyl sites for hydroxylation is 1. The van der Waals surface area contributed by atoms with E-state index in [0.717, 1.165) is 5.56 Å². The second kappa shape index (κ2) is 7.23. The number of hydrogen-bond acceptors (Lipinski definition) is 2. The van der Waals surface area contributed by atoms with Gasteiger partial charge >= 0.3 is 6.18 Å². The summed E-state index contributed by atoms with van der Waals surface area (Å²) in [6.07, 6.45) is -3.06. The summed E-state index contributed by atoms with van der Waals surface area (Å²) in [5, 5.41) is 1.74. The van der Waals surface area contributed by atoms with Gasteiger partial charge in [0.15, 0.2) is 0 Å². The molecule has 0 aliphatic heterocycles. The van der Waals surface area contributed by atoms with Crippen molar-refractivity contribution in [1.82, 2.24) is 5.32 Å². The third-order valence-corrected chi connectivity index (χ3v) is 2.69. The Balaban J connectivity index is 2.27. The van der Waals surface area contributed by atoms with Crippen molar-refractivity contribution in [2.45, 2.75) is 31.5 Å². The molecule has 1 amide bonds. The zero-order chi connectivity index (χ0) is 15.2. The van der Waals surface area contributed by atoms with Crippen molar-refractivity contribution in [2.24, 2.45) is 5.73 Å². The van der Waals surface area contributed by atoms with E-state index in [1.165, 1.54) is 12.1 Å². The number of rotatable bonds is 6. The maximum absolute atomic E-state index is 12.7. The summed E-state index contributed by atoms with van der Waals surface area (Å²) in [6.45, 7) is -1.38. The van der Waals surface area contributed by atoms with Crippen LogP contribution in [0.4, 0.5) is 17.6 Å². The van der Waals surface area contributed by atoms with Crippen LogP contribution in [0.3, 0.4) is 0 Å². The molecule has 0 bridgehead atoms. The summed E-state index contributed by atoms with van der Waals surface area (Å²) < 4.78 is 48.4. The molecule has 0 heterocycles. The monoisotopic (exact) mass is 292 g/mol. The molecule has 0 saturated heterocycles. The Kier molecular flexibility index (Phi) is 5.94. The summed E-state index contributed by atoms with van der Waals surface area (Å²) in [6, 6.07) is 4.91. The molecule has 1 atom stereocenters. The van der Waals surface area contributed by atoms with E-state index >= 15 is 0 Å². The highest BCUT2D eigenvalue weighted by molar-refractivity contribution is 5.81. The Morgan fingerprint density at radius 2 is 1.85 bits per heavy atom. The number of nitrogens with two attached hydrogens (primary N) is 1. The van der Waals surface area contributed by atoms with Gasteiger partial charge in [0, 0.05) is 0 Å². The Hall–Kier alpha value is -1.63. The van der Waals surface area contributed by atoms with Crippen LogP contribution in [0.25, 0.3) is 0 Å². The van der Waals surface area contributed by atoms with Crippen LogP contribution in [-0.4, -0.2) is 24.7 Å². The Morgan fingerprint density at radius 1 is 1.25 bits per heavy atom. The summed E-state index contributed by atoms with van der Waals surface area (Å²) in [5.74, 6) is -1.15. The molecule has 0 saturated carbocycles. The molecule has 1 unspecified atom stereocenters. The maximum atomic E-state index is 12.7. The number of alkyl halides is 3. The first-order valence-corrected chi connectivity index (χ1v) is 6.12. The molecule has 3 N–H and O–H groups in total. The molecule has 3 nitrogen and oxygen atoms in total. The van der Waals surface area contributed by atoms with Gasteiger partial charge in [0.05, 0.1) is 6.04 Å². The van der Waals surface area contributed by atoms with Crippen molar-refractivity contribution in [1.29, 1.82) is 0 Å². The van der Waals surface area contributed by atoms with E-state index in [1.807, 2.05) is 0 Å². The lowest BCUT2D eigenvalue weighted by Crippen LogP contribution is -2.44. The van der Waals surface area contributed by atoms with E-state index in [-0.39, 0.29) is 12.2 Å². The second-order valence-electron chi connectivity index (χ2n) is 4.46. The van der Waals surface area contributed by atoms with E-state index in [9.17, 15) is 22.4 Å². The van der Waals surface area contributed by atoms with Gasteiger partial charge in [-0.05, 0) is 37.0 Å². The number of amides is 1. The van der Waals surface area contributed by atoms with Gasteiger partial charge in [0.25, 0.3) is 0 Å². The second-order valence-corrected chi connectivity index (χ2v) is 4.46. The minimum Gasteiger partial charge on any atom is -0.346 e. The van der Waals surface area contributed by atoms with Gasteiger partial charge < -0.3 is 11.1 Å². The molecule has 0 aliphatic carbocycles. The van der Waals surface area contributed by atoms with Crippen molar-refractivity contribution in [3.05, 3.63) is 35.6 Å². The van der Waals surface area contributed by atoms with Crippen LogP contribution in [0.1, 0.15) is 18.4 Å². The van der Waals surface area contributed by atoms with Crippen LogP contribution in [-0.2, 0) is 11.2 Å². The highest BCUT2D eigenvalue weighted by Gasteiger charge is 2.28. The Morgan fingerprint density at radius 3 is 2.40 bits per heavy atom. The summed E-state index contributed by atoms with van der Waals surface area (Å²) in [4.78, 5) is 11.3. The van der Waals surface area contributed by atoms with Gasteiger partial charge in [0.2, 0.25) is 5.91 Å². The van der Waals surface area contributed by atoms with E-state index < -0.39 is 24.7 Å². The molecule has 0 spiro atoms. The average Bonchev–Trinajstić information content (AvgIpc) is 2.37. The lowest BCUT2D eigenvalue weighted by Gasteiger charge is -2.13. The van der Waals surface area contributed by atoms with E-state index in [2.05, 4.69) is 0 Å². The van der Waals surface area contributed by atoms with E-state index in [0.29, 0.717) is 12.8 Å². The number of benzene rings is 1. The standard InChI is InChI=1S/C13H16F4N2O/c14-10-6-4-9(5-7-10)2-1-3-11(18)12(20)19-8-13(15,16)17/h4-7,11H,1-3,8,18H2,(H,19,20). The van der Waals surface area contributed by atoms with Crippen LogP contribution in [0.15, 0.2) is 24.3 Å². The molecule has 1 rings (SSSR count). The molecule has 0 aromatic heterocycles. The largest absolute Gasteiger partial charge is 0.405 e. The molecular weight excluding hydrogens is 276 g/mol. The fourth-order valence-electron chi connectivity index (χ4n) is 1.63. The number of halogens is 4. The van der Waals surface area contributed by atoms with Crippen molar-refractivity contribution in [3.63, 3.8) is 0 Å². The molecule has 20 heavy (non-hydrogen) atoms. The maximum Gasteiger partial charge on any atom is 0.405 e. The van der Waals surface area contributed by atoms with Crippen molar-refractivity contribution in [2.75, 3.05) is 6.54 Å². The van der Waals surface area contributed by atoms with Crippen molar-refractivity contribution >= 4 is 5.91 Å². The van der Waals surface area contributed by atoms with Crippen molar-refractivity contribution < 1.29 is 22.4 Å². The van der Waals surface area contributed by atoms with E-state index in [1.54, 1.807) is 17.4 Å². The number of nitrogens with one attached hydrogen (secondary N) is 1. The predicted molar refractivity (Wildman–Crippen MR) is 66.4 cm³/mol. The Bertz CT molecular complexity index is 431. The average molecular weight is 292 g/mol. The fraction of sp³-hybridized carbons (Fsp3) is 0.462. The van der Waals surface area contributed by atoms with Crippen LogP contribution < -0.4 is 11.1 Å². The molecule has 7 heteroatoms. The zero-order valence-corrected chi connectivity index (χ0v) is 10.7. The van der Waals surface area contributed by atoms with Gasteiger partial charge in [-0.2, -0.15) is 13.2 Å². The third-order valence-electron chi connectivity index (χ3n) is 2.69. The molecule has 112 valence electrons. The number of hydrogen-bond donors (Lipinski definition) is 2. The molecule has 0 aliphatic rings. The highest BCUT2D eigenvalue weighted by atomic mass is 19.4.